The molecule has 0 rings (SSSR count). The Hall–Kier alpha value is -1.29. The molecular formula is C36H69O10P. The number of aliphatic hydroxyl groups is 2. The van der Waals surface area contributed by atoms with Crippen LogP contribution in [0.2, 0.25) is 0 Å². The summed E-state index contributed by atoms with van der Waals surface area (Å²) < 4.78 is 32.5. The third-order valence-electron chi connectivity index (χ3n) is 7.92. The molecule has 0 fully saturated rings. The summed E-state index contributed by atoms with van der Waals surface area (Å²) >= 11 is 0. The summed E-state index contributed by atoms with van der Waals surface area (Å²) in [5.74, 6) is -0.932. The number of aliphatic hydroxyl groups excluding tert-OH is 2. The lowest BCUT2D eigenvalue weighted by atomic mass is 10.0. The van der Waals surface area contributed by atoms with Crippen molar-refractivity contribution in [3.8, 4) is 0 Å². The Labute approximate surface area is 286 Å². The maximum absolute atomic E-state index is 12.5. The fourth-order valence-electron chi connectivity index (χ4n) is 4.97. The summed E-state index contributed by atoms with van der Waals surface area (Å²) in [5, 5.41) is 18.2. The van der Waals surface area contributed by atoms with Crippen LogP contribution in [-0.2, 0) is 32.7 Å². The number of ether oxygens (including phenoxy) is 2. The number of hydrogen-bond acceptors (Lipinski definition) is 9. The highest BCUT2D eigenvalue weighted by Gasteiger charge is 2.27. The molecule has 0 amide bonds. The minimum absolute atomic E-state index is 0.177. The number of esters is 2. The van der Waals surface area contributed by atoms with Gasteiger partial charge in [-0.2, -0.15) is 0 Å². The molecule has 0 saturated heterocycles. The molecule has 0 bridgehead atoms. The van der Waals surface area contributed by atoms with Crippen LogP contribution in [0, 0.1) is 0 Å². The van der Waals surface area contributed by atoms with Gasteiger partial charge in [0.15, 0.2) is 6.10 Å². The van der Waals surface area contributed by atoms with Gasteiger partial charge in [-0.1, -0.05) is 135 Å². The zero-order chi connectivity index (χ0) is 34.9. The van der Waals surface area contributed by atoms with Gasteiger partial charge in [0.1, 0.15) is 12.7 Å². The fraction of sp³-hybridized carbons (Fsp3) is 0.889. The van der Waals surface area contributed by atoms with Gasteiger partial charge in [-0.15, -0.1) is 0 Å². The first-order valence-electron chi connectivity index (χ1n) is 18.6. The van der Waals surface area contributed by atoms with Crippen LogP contribution in [0.15, 0.2) is 12.2 Å². The van der Waals surface area contributed by atoms with Crippen molar-refractivity contribution in [3.05, 3.63) is 12.2 Å². The number of allylic oxidation sites excluding steroid dienone is 2. The molecule has 0 aromatic carbocycles. The van der Waals surface area contributed by atoms with Gasteiger partial charge in [0.25, 0.3) is 0 Å². The van der Waals surface area contributed by atoms with Crippen molar-refractivity contribution in [2.24, 2.45) is 0 Å². The predicted octanol–water partition coefficient (Wildman–Crippen LogP) is 8.89. The molecule has 0 aliphatic rings. The molecule has 0 aliphatic carbocycles. The summed E-state index contributed by atoms with van der Waals surface area (Å²) in [7, 11) is -4.60. The third kappa shape index (κ3) is 33.0. The first kappa shape index (κ1) is 45.7. The van der Waals surface area contributed by atoms with E-state index in [1.54, 1.807) is 0 Å². The number of unbranched alkanes of at least 4 members (excludes halogenated alkanes) is 19. The Morgan fingerprint density at radius 1 is 0.617 bits per heavy atom. The van der Waals surface area contributed by atoms with Crippen LogP contribution in [0.4, 0.5) is 0 Å². The Bertz CT molecular complexity index is 807. The normalized spacial score (nSPS) is 14.2. The molecule has 0 radical (unpaired) electrons. The topological polar surface area (TPSA) is 149 Å². The average Bonchev–Trinajstić information content (AvgIpc) is 3.05. The van der Waals surface area contributed by atoms with E-state index < -0.39 is 51.8 Å². The van der Waals surface area contributed by atoms with Crippen LogP contribution < -0.4 is 0 Å². The van der Waals surface area contributed by atoms with Gasteiger partial charge in [0.05, 0.1) is 19.8 Å². The minimum atomic E-state index is -4.60. The maximum Gasteiger partial charge on any atom is 0.472 e. The van der Waals surface area contributed by atoms with Gasteiger partial charge in [-0.25, -0.2) is 4.57 Å². The molecule has 0 aromatic heterocycles. The van der Waals surface area contributed by atoms with E-state index in [-0.39, 0.29) is 19.4 Å². The highest BCUT2D eigenvalue weighted by molar-refractivity contribution is 7.47. The van der Waals surface area contributed by atoms with Crippen molar-refractivity contribution in [3.63, 3.8) is 0 Å². The smallest absolute Gasteiger partial charge is 0.462 e. The molecule has 47 heavy (non-hydrogen) atoms. The van der Waals surface area contributed by atoms with Crippen molar-refractivity contribution >= 4 is 19.8 Å². The van der Waals surface area contributed by atoms with E-state index >= 15 is 0 Å². The van der Waals surface area contributed by atoms with Crippen LogP contribution in [0.3, 0.4) is 0 Å². The van der Waals surface area contributed by atoms with E-state index in [9.17, 15) is 24.2 Å². The Kier molecular flexibility index (Phi) is 32.3. The number of rotatable bonds is 35. The number of phosphoric ester groups is 1. The largest absolute Gasteiger partial charge is 0.472 e. The minimum Gasteiger partial charge on any atom is -0.462 e. The second-order valence-corrected chi connectivity index (χ2v) is 14.1. The molecule has 0 spiro atoms. The number of hydrogen-bond donors (Lipinski definition) is 3. The van der Waals surface area contributed by atoms with Crippen LogP contribution in [0.5, 0.6) is 0 Å². The number of carbonyl (C=O) groups excluding carboxylic acids is 2. The molecule has 0 aliphatic heterocycles. The van der Waals surface area contributed by atoms with Gasteiger partial charge in [-0.3, -0.25) is 18.6 Å². The van der Waals surface area contributed by atoms with Crippen molar-refractivity contribution in [1.82, 2.24) is 0 Å². The molecule has 278 valence electrons. The van der Waals surface area contributed by atoms with E-state index in [0.717, 1.165) is 57.8 Å². The second kappa shape index (κ2) is 33.2. The van der Waals surface area contributed by atoms with Gasteiger partial charge in [0, 0.05) is 12.8 Å². The Morgan fingerprint density at radius 3 is 1.60 bits per heavy atom. The lowest BCUT2D eigenvalue weighted by Gasteiger charge is -2.20. The van der Waals surface area contributed by atoms with Crippen LogP contribution in [0.1, 0.15) is 168 Å². The lowest BCUT2D eigenvalue weighted by Crippen LogP contribution is -2.29. The van der Waals surface area contributed by atoms with Crippen molar-refractivity contribution < 1.29 is 47.8 Å². The monoisotopic (exact) mass is 692 g/mol. The van der Waals surface area contributed by atoms with Crippen molar-refractivity contribution in [1.29, 1.82) is 0 Å². The zero-order valence-corrected chi connectivity index (χ0v) is 30.6. The molecule has 3 unspecified atom stereocenters. The van der Waals surface area contributed by atoms with Crippen LogP contribution >= 0.6 is 7.82 Å². The highest BCUT2D eigenvalue weighted by atomic mass is 31.2. The third-order valence-corrected chi connectivity index (χ3v) is 8.87. The molecule has 0 aromatic rings. The molecule has 10 nitrogen and oxygen atoms in total. The first-order valence-corrected chi connectivity index (χ1v) is 20.1. The summed E-state index contributed by atoms with van der Waals surface area (Å²) in [6.45, 7) is 2.32. The molecular weight excluding hydrogens is 623 g/mol. The van der Waals surface area contributed by atoms with Crippen molar-refractivity contribution in [2.45, 2.75) is 180 Å². The van der Waals surface area contributed by atoms with Crippen LogP contribution in [0.25, 0.3) is 0 Å². The SMILES string of the molecule is CCCC/C=C\CCCCCCCC(=O)OC(COC(=O)CCCCCCCCCCCCCCC)COP(=O)(O)OCC(O)CO. The fourth-order valence-corrected chi connectivity index (χ4v) is 5.76. The molecule has 11 heteroatoms. The highest BCUT2D eigenvalue weighted by Crippen LogP contribution is 2.43. The van der Waals surface area contributed by atoms with E-state index in [2.05, 4.69) is 30.5 Å². The maximum atomic E-state index is 12.5. The Morgan fingerprint density at radius 2 is 1.06 bits per heavy atom. The standard InChI is InChI=1S/C36H69O10P/c1-3-5-7-9-11-13-15-16-18-19-21-23-25-27-35(39)43-31-34(32-45-47(41,42)44-30-33(38)29-37)46-36(40)28-26-24-22-20-17-14-12-10-8-6-4-2/h10,12,33-34,37-38H,3-9,11,13-32H2,1-2H3,(H,41,42)/b12-10-. The van der Waals surface area contributed by atoms with Crippen molar-refractivity contribution in [2.75, 3.05) is 26.4 Å². The Balaban J connectivity index is 4.37. The van der Waals surface area contributed by atoms with Gasteiger partial charge >= 0.3 is 19.8 Å². The number of phosphoric acid groups is 1. The first-order chi connectivity index (χ1) is 22.7. The van der Waals surface area contributed by atoms with E-state index in [0.29, 0.717) is 12.8 Å². The van der Waals surface area contributed by atoms with Crippen LogP contribution in [-0.4, -0.2) is 65.7 Å². The molecule has 0 heterocycles. The summed E-state index contributed by atoms with van der Waals surface area (Å²) in [6.07, 6.45) is 27.6. The van der Waals surface area contributed by atoms with Gasteiger partial charge in [-0.05, 0) is 32.1 Å². The average molecular weight is 693 g/mol. The summed E-state index contributed by atoms with van der Waals surface area (Å²) in [4.78, 5) is 34.7. The van der Waals surface area contributed by atoms with E-state index in [1.165, 1.54) is 70.6 Å². The second-order valence-electron chi connectivity index (χ2n) is 12.6. The zero-order valence-electron chi connectivity index (χ0n) is 29.8. The van der Waals surface area contributed by atoms with Gasteiger partial charge < -0.3 is 24.6 Å². The molecule has 3 atom stereocenters. The quantitative estimate of drug-likeness (QED) is 0.0254. The summed E-state index contributed by atoms with van der Waals surface area (Å²) in [5.41, 5.74) is 0. The van der Waals surface area contributed by atoms with E-state index in [4.69, 9.17) is 19.1 Å². The summed E-state index contributed by atoms with van der Waals surface area (Å²) in [6, 6.07) is 0. The predicted molar refractivity (Wildman–Crippen MR) is 187 cm³/mol. The molecule has 0 saturated carbocycles. The van der Waals surface area contributed by atoms with E-state index in [1.807, 2.05) is 0 Å². The van der Waals surface area contributed by atoms with Gasteiger partial charge in [0.2, 0.25) is 0 Å². The number of carbonyl (C=O) groups is 2. The molecule has 3 N–H and O–H groups in total. The lowest BCUT2D eigenvalue weighted by molar-refractivity contribution is -0.161.